The van der Waals surface area contributed by atoms with E-state index >= 15 is 0 Å². The maximum absolute atomic E-state index is 12.8. The minimum atomic E-state index is -3.22. The number of nitrogens with zero attached hydrogens (tertiary/aromatic N) is 2. The first-order valence-electron chi connectivity index (χ1n) is 10.4. The first kappa shape index (κ1) is 23.8. The number of amides is 1. The van der Waals surface area contributed by atoms with Gasteiger partial charge in [0.25, 0.3) is 0 Å². The fourth-order valence-corrected chi connectivity index (χ4v) is 4.21. The van der Waals surface area contributed by atoms with Crippen LogP contribution in [0, 0.1) is 0 Å². The molecule has 0 heterocycles. The molecule has 0 bridgehead atoms. The molecule has 7 heteroatoms. The summed E-state index contributed by atoms with van der Waals surface area (Å²) in [4.78, 5) is 16.8. The van der Waals surface area contributed by atoms with E-state index in [2.05, 4.69) is 6.07 Å². The molecule has 1 atom stereocenters. The quantitative estimate of drug-likeness (QED) is 0.516. The number of rotatable bonds is 8. The number of carbonyl (C=O) groups excluding carboxylic acids is 1. The van der Waals surface area contributed by atoms with Crippen LogP contribution in [0.25, 0.3) is 10.8 Å². The third kappa shape index (κ3) is 5.66. The van der Waals surface area contributed by atoms with Crippen molar-refractivity contribution in [2.24, 2.45) is 0 Å². The molecule has 1 unspecified atom stereocenters. The largest absolute Gasteiger partial charge is 0.497 e. The highest BCUT2D eigenvalue weighted by Crippen LogP contribution is 2.23. The van der Waals surface area contributed by atoms with Gasteiger partial charge in [-0.3, -0.25) is 9.69 Å². The summed E-state index contributed by atoms with van der Waals surface area (Å²) in [7, 11) is 2.13. The van der Waals surface area contributed by atoms with Crippen molar-refractivity contribution in [3.05, 3.63) is 71.8 Å². The molecule has 0 spiro atoms. The molecule has 0 radical (unpaired) electrons. The van der Waals surface area contributed by atoms with E-state index in [0.29, 0.717) is 11.4 Å². The van der Waals surface area contributed by atoms with Gasteiger partial charge < -0.3 is 9.64 Å². The SMILES string of the molecule is COc1ccc2cc(CN(C)C(=O)CN(C)C(C)c3ccc(S(C)(=O)=O)cc3)ccc2c1. The lowest BCUT2D eigenvalue weighted by Gasteiger charge is -2.27. The van der Waals surface area contributed by atoms with Crippen LogP contribution in [0.15, 0.2) is 65.6 Å². The molecule has 3 rings (SSSR count). The lowest BCUT2D eigenvalue weighted by Crippen LogP contribution is -2.37. The number of ether oxygens (including phenoxy) is 1. The lowest BCUT2D eigenvalue weighted by molar-refractivity contribution is -0.131. The summed E-state index contributed by atoms with van der Waals surface area (Å²) in [6.07, 6.45) is 1.19. The molecule has 6 nitrogen and oxygen atoms in total. The Morgan fingerprint density at radius 2 is 1.59 bits per heavy atom. The highest BCUT2D eigenvalue weighted by atomic mass is 32.2. The maximum Gasteiger partial charge on any atom is 0.236 e. The van der Waals surface area contributed by atoms with Gasteiger partial charge in [0, 0.05) is 25.9 Å². The van der Waals surface area contributed by atoms with E-state index in [9.17, 15) is 13.2 Å². The normalized spacial score (nSPS) is 12.7. The van der Waals surface area contributed by atoms with Crippen molar-refractivity contribution in [1.29, 1.82) is 0 Å². The molecule has 3 aromatic carbocycles. The molecular weight excluding hydrogens is 424 g/mol. The molecule has 0 aliphatic rings. The molecule has 0 aromatic heterocycles. The summed E-state index contributed by atoms with van der Waals surface area (Å²) in [5.41, 5.74) is 2.02. The van der Waals surface area contributed by atoms with Gasteiger partial charge >= 0.3 is 0 Å². The Morgan fingerprint density at radius 3 is 2.22 bits per heavy atom. The first-order valence-corrected chi connectivity index (χ1v) is 12.3. The average Bonchev–Trinajstić information content (AvgIpc) is 2.77. The van der Waals surface area contributed by atoms with E-state index in [-0.39, 0.29) is 18.5 Å². The van der Waals surface area contributed by atoms with Crippen molar-refractivity contribution in [3.63, 3.8) is 0 Å². The Balaban J connectivity index is 1.62. The third-order valence-corrected chi connectivity index (χ3v) is 6.92. The Kier molecular flexibility index (Phi) is 7.21. The van der Waals surface area contributed by atoms with Crippen molar-refractivity contribution in [3.8, 4) is 5.75 Å². The van der Waals surface area contributed by atoms with Crippen molar-refractivity contribution in [2.45, 2.75) is 24.4 Å². The topological polar surface area (TPSA) is 66.9 Å². The van der Waals surface area contributed by atoms with Crippen LogP contribution in [0.2, 0.25) is 0 Å². The van der Waals surface area contributed by atoms with Gasteiger partial charge in [0.05, 0.1) is 18.6 Å². The van der Waals surface area contributed by atoms with Crippen LogP contribution in [0.5, 0.6) is 5.75 Å². The highest BCUT2D eigenvalue weighted by Gasteiger charge is 2.18. The predicted molar refractivity (Wildman–Crippen MR) is 128 cm³/mol. The molecule has 0 saturated carbocycles. The molecule has 1 amide bonds. The number of sulfone groups is 1. The number of likely N-dealkylation sites (N-methyl/N-ethyl adjacent to an activating group) is 2. The van der Waals surface area contributed by atoms with Gasteiger partial charge in [-0.1, -0.05) is 30.3 Å². The van der Waals surface area contributed by atoms with Gasteiger partial charge in [0.1, 0.15) is 5.75 Å². The number of carbonyl (C=O) groups is 1. The molecule has 170 valence electrons. The molecule has 32 heavy (non-hydrogen) atoms. The van der Waals surface area contributed by atoms with Crippen molar-refractivity contribution in [1.82, 2.24) is 9.80 Å². The van der Waals surface area contributed by atoms with Crippen LogP contribution in [-0.4, -0.2) is 58.1 Å². The zero-order valence-corrected chi connectivity index (χ0v) is 20.0. The summed E-state index contributed by atoms with van der Waals surface area (Å²) in [6, 6.07) is 18.9. The number of fused-ring (bicyclic) bond motifs is 1. The summed E-state index contributed by atoms with van der Waals surface area (Å²) >= 11 is 0. The van der Waals surface area contributed by atoms with Gasteiger partial charge in [-0.05, 0) is 66.2 Å². The summed E-state index contributed by atoms with van der Waals surface area (Å²) in [5, 5.41) is 2.20. The average molecular weight is 455 g/mol. The number of hydrogen-bond donors (Lipinski definition) is 0. The number of hydrogen-bond acceptors (Lipinski definition) is 5. The second-order valence-corrected chi connectivity index (χ2v) is 10.2. The first-order chi connectivity index (χ1) is 15.1. The molecule has 3 aromatic rings. The summed E-state index contributed by atoms with van der Waals surface area (Å²) in [5.74, 6) is 0.836. The lowest BCUT2D eigenvalue weighted by atomic mass is 10.1. The molecule has 0 aliphatic carbocycles. The third-order valence-electron chi connectivity index (χ3n) is 5.79. The number of methoxy groups -OCH3 is 1. The zero-order chi connectivity index (χ0) is 23.5. The van der Waals surface area contributed by atoms with Crippen molar-refractivity contribution < 1.29 is 17.9 Å². The second-order valence-electron chi connectivity index (χ2n) is 8.23. The molecule has 0 saturated heterocycles. The fourth-order valence-electron chi connectivity index (χ4n) is 3.58. The van der Waals surface area contributed by atoms with E-state index in [1.54, 1.807) is 43.3 Å². The minimum absolute atomic E-state index is 0.0157. The highest BCUT2D eigenvalue weighted by molar-refractivity contribution is 7.90. The second kappa shape index (κ2) is 9.71. The van der Waals surface area contributed by atoms with E-state index < -0.39 is 9.84 Å². The maximum atomic E-state index is 12.8. The fraction of sp³-hybridized carbons (Fsp3) is 0.320. The predicted octanol–water partition coefficient (Wildman–Crippen LogP) is 3.90. The number of benzene rings is 3. The molecule has 0 aliphatic heterocycles. The van der Waals surface area contributed by atoms with Crippen LogP contribution in [0.1, 0.15) is 24.1 Å². The van der Waals surface area contributed by atoms with Crippen LogP contribution < -0.4 is 4.74 Å². The van der Waals surface area contributed by atoms with Crippen molar-refractivity contribution >= 4 is 26.5 Å². The van der Waals surface area contributed by atoms with E-state index in [0.717, 1.165) is 27.6 Å². The van der Waals surface area contributed by atoms with Gasteiger partial charge in [0.2, 0.25) is 5.91 Å². The molecule has 0 N–H and O–H groups in total. The van der Waals surface area contributed by atoms with Crippen LogP contribution >= 0.6 is 0 Å². The van der Waals surface area contributed by atoms with E-state index in [1.165, 1.54) is 6.26 Å². The Hall–Kier alpha value is -2.90. The Bertz CT molecular complexity index is 1210. The van der Waals surface area contributed by atoms with E-state index in [4.69, 9.17) is 4.74 Å². The smallest absolute Gasteiger partial charge is 0.236 e. The van der Waals surface area contributed by atoms with Gasteiger partial charge in [-0.15, -0.1) is 0 Å². The summed E-state index contributed by atoms with van der Waals surface area (Å²) < 4.78 is 28.6. The van der Waals surface area contributed by atoms with Gasteiger partial charge in [-0.25, -0.2) is 8.42 Å². The van der Waals surface area contributed by atoms with Crippen LogP contribution in [0.3, 0.4) is 0 Å². The van der Waals surface area contributed by atoms with Crippen LogP contribution in [0.4, 0.5) is 0 Å². The molecule has 0 fully saturated rings. The van der Waals surface area contributed by atoms with E-state index in [1.807, 2.05) is 49.2 Å². The zero-order valence-electron chi connectivity index (χ0n) is 19.2. The molecular formula is C25H30N2O4S. The standard InChI is InChI=1S/C25H30N2O4S/c1-18(20-9-12-24(13-10-20)32(5,29)30)26(2)17-25(28)27(3)16-19-6-7-22-15-23(31-4)11-8-21(22)14-19/h6-15,18H,16-17H2,1-5H3. The van der Waals surface area contributed by atoms with Crippen molar-refractivity contribution in [2.75, 3.05) is 34.0 Å². The monoisotopic (exact) mass is 454 g/mol. The minimum Gasteiger partial charge on any atom is -0.497 e. The Labute approximate surface area is 190 Å². The van der Waals surface area contributed by atoms with Crippen LogP contribution in [-0.2, 0) is 21.2 Å². The van der Waals surface area contributed by atoms with Gasteiger partial charge in [-0.2, -0.15) is 0 Å². The van der Waals surface area contributed by atoms with Gasteiger partial charge in [0.15, 0.2) is 9.84 Å². The Morgan fingerprint density at radius 1 is 0.969 bits per heavy atom. The summed E-state index contributed by atoms with van der Waals surface area (Å²) in [6.45, 7) is 2.78.